The molecule has 0 radical (unpaired) electrons. The molecule has 2 aromatic rings. The summed E-state index contributed by atoms with van der Waals surface area (Å²) < 4.78 is 5.18. The molecule has 138 valence electrons. The molecule has 1 fully saturated rings. The molecule has 0 aliphatic heterocycles. The van der Waals surface area contributed by atoms with E-state index in [0.29, 0.717) is 18.2 Å². The van der Waals surface area contributed by atoms with Crippen molar-refractivity contribution in [1.82, 2.24) is 0 Å². The summed E-state index contributed by atoms with van der Waals surface area (Å²) in [5.41, 5.74) is 4.33. The molecule has 26 heavy (non-hydrogen) atoms. The Labute approximate surface area is 156 Å². The van der Waals surface area contributed by atoms with Crippen LogP contribution in [0.25, 0.3) is 0 Å². The summed E-state index contributed by atoms with van der Waals surface area (Å²) in [6.45, 7) is 2.24. The van der Waals surface area contributed by atoms with Crippen LogP contribution in [0, 0.1) is 0 Å². The van der Waals surface area contributed by atoms with Gasteiger partial charge in [0.05, 0.1) is 12.2 Å². The molecular formula is C23H29NO2. The number of rotatable bonds is 7. The van der Waals surface area contributed by atoms with E-state index in [4.69, 9.17) is 4.74 Å². The number of ether oxygens (including phenoxy) is 1. The maximum atomic E-state index is 12.1. The highest BCUT2D eigenvalue weighted by atomic mass is 16.5. The van der Waals surface area contributed by atoms with Crippen molar-refractivity contribution in [2.45, 2.75) is 57.9 Å². The first-order valence-electron chi connectivity index (χ1n) is 9.87. The normalized spacial score (nSPS) is 14.8. The Morgan fingerprint density at radius 3 is 2.54 bits per heavy atom. The Morgan fingerprint density at radius 1 is 1.04 bits per heavy atom. The zero-order valence-electron chi connectivity index (χ0n) is 15.7. The van der Waals surface area contributed by atoms with Gasteiger partial charge in [-0.25, -0.2) is 4.79 Å². The minimum absolute atomic E-state index is 0.238. The second kappa shape index (κ2) is 9.42. The standard InChI is InChI=1S/C23H29NO2/c1-2-26-23(25)20-15-16-22(24-21-11-7-4-8-12-21)19(17-20)14-13-18-9-5-3-6-10-18/h3,5-6,9-10,15-17,21,24H,2,4,7-8,11-14H2,1H3. The van der Waals surface area contributed by atoms with Gasteiger partial charge in [0, 0.05) is 11.7 Å². The van der Waals surface area contributed by atoms with E-state index in [9.17, 15) is 4.79 Å². The van der Waals surface area contributed by atoms with Gasteiger partial charge >= 0.3 is 5.97 Å². The first-order valence-corrected chi connectivity index (χ1v) is 9.87. The number of carbonyl (C=O) groups excluding carboxylic acids is 1. The largest absolute Gasteiger partial charge is 0.462 e. The third-order valence-electron chi connectivity index (χ3n) is 5.11. The molecule has 1 N–H and O–H groups in total. The van der Waals surface area contributed by atoms with Gasteiger partial charge in [-0.15, -0.1) is 0 Å². The van der Waals surface area contributed by atoms with Crippen LogP contribution in [-0.2, 0) is 17.6 Å². The number of nitrogens with one attached hydrogen (secondary N) is 1. The quantitative estimate of drug-likeness (QED) is 0.679. The molecule has 0 heterocycles. The van der Waals surface area contributed by atoms with Crippen LogP contribution in [0.15, 0.2) is 48.5 Å². The predicted octanol–water partition coefficient (Wildman–Crippen LogP) is 5.39. The van der Waals surface area contributed by atoms with Crippen molar-refractivity contribution >= 4 is 11.7 Å². The molecule has 0 aromatic heterocycles. The Kier molecular flexibility index (Phi) is 6.70. The second-order valence-corrected chi connectivity index (χ2v) is 7.06. The fourth-order valence-electron chi connectivity index (χ4n) is 3.67. The summed E-state index contributed by atoms with van der Waals surface area (Å²) in [7, 11) is 0. The van der Waals surface area contributed by atoms with Gasteiger partial charge in [-0.2, -0.15) is 0 Å². The van der Waals surface area contributed by atoms with Crippen LogP contribution in [0.4, 0.5) is 5.69 Å². The highest BCUT2D eigenvalue weighted by Gasteiger charge is 2.16. The summed E-state index contributed by atoms with van der Waals surface area (Å²) in [5, 5.41) is 3.73. The van der Waals surface area contributed by atoms with Gasteiger partial charge in [0.25, 0.3) is 0 Å². The third kappa shape index (κ3) is 5.10. The zero-order valence-corrected chi connectivity index (χ0v) is 15.7. The highest BCUT2D eigenvalue weighted by Crippen LogP contribution is 2.26. The molecular weight excluding hydrogens is 322 g/mol. The first-order chi connectivity index (χ1) is 12.8. The Hall–Kier alpha value is -2.29. The van der Waals surface area contributed by atoms with Gasteiger partial charge in [-0.1, -0.05) is 49.6 Å². The van der Waals surface area contributed by atoms with Gasteiger partial charge < -0.3 is 10.1 Å². The van der Waals surface area contributed by atoms with Crippen LogP contribution >= 0.6 is 0 Å². The fourth-order valence-corrected chi connectivity index (χ4v) is 3.67. The molecule has 1 aliphatic carbocycles. The van der Waals surface area contributed by atoms with Gasteiger partial charge in [-0.3, -0.25) is 0 Å². The number of aryl methyl sites for hydroxylation is 2. The van der Waals surface area contributed by atoms with Gasteiger partial charge in [0.2, 0.25) is 0 Å². The van der Waals surface area contributed by atoms with Crippen molar-refractivity contribution < 1.29 is 9.53 Å². The number of benzene rings is 2. The molecule has 0 bridgehead atoms. The van der Waals surface area contributed by atoms with Crippen LogP contribution in [0.2, 0.25) is 0 Å². The lowest BCUT2D eigenvalue weighted by Crippen LogP contribution is -2.23. The number of esters is 1. The summed E-state index contributed by atoms with van der Waals surface area (Å²) in [4.78, 5) is 12.1. The van der Waals surface area contributed by atoms with Gasteiger partial charge in [0.1, 0.15) is 0 Å². The van der Waals surface area contributed by atoms with Gasteiger partial charge in [0.15, 0.2) is 0 Å². The van der Waals surface area contributed by atoms with Crippen molar-refractivity contribution in [2.24, 2.45) is 0 Å². The summed E-state index contributed by atoms with van der Waals surface area (Å²) >= 11 is 0. The molecule has 0 spiro atoms. The van der Waals surface area contributed by atoms with E-state index in [1.54, 1.807) is 0 Å². The minimum atomic E-state index is -0.238. The van der Waals surface area contributed by atoms with E-state index < -0.39 is 0 Å². The highest BCUT2D eigenvalue weighted by molar-refractivity contribution is 5.90. The lowest BCUT2D eigenvalue weighted by atomic mass is 9.94. The second-order valence-electron chi connectivity index (χ2n) is 7.06. The van der Waals surface area contributed by atoms with Crippen molar-refractivity contribution in [3.05, 3.63) is 65.2 Å². The van der Waals surface area contributed by atoms with Crippen LogP contribution in [0.3, 0.4) is 0 Å². The van der Waals surface area contributed by atoms with E-state index in [1.165, 1.54) is 48.9 Å². The Morgan fingerprint density at radius 2 is 1.81 bits per heavy atom. The number of anilines is 1. The first kappa shape index (κ1) is 18.5. The lowest BCUT2D eigenvalue weighted by molar-refractivity contribution is 0.0526. The van der Waals surface area contributed by atoms with Gasteiger partial charge in [-0.05, 0) is 61.9 Å². The SMILES string of the molecule is CCOC(=O)c1ccc(NC2CCCCC2)c(CCc2ccccc2)c1. The molecule has 3 rings (SSSR count). The molecule has 3 heteroatoms. The Bertz CT molecular complexity index is 705. The molecule has 1 saturated carbocycles. The molecule has 1 aliphatic rings. The topological polar surface area (TPSA) is 38.3 Å². The number of carbonyl (C=O) groups is 1. The number of hydrogen-bond donors (Lipinski definition) is 1. The maximum absolute atomic E-state index is 12.1. The monoisotopic (exact) mass is 351 g/mol. The van der Waals surface area contributed by atoms with Crippen molar-refractivity contribution in [3.63, 3.8) is 0 Å². The zero-order chi connectivity index (χ0) is 18.2. The van der Waals surface area contributed by atoms with Crippen molar-refractivity contribution in [3.8, 4) is 0 Å². The smallest absolute Gasteiger partial charge is 0.338 e. The predicted molar refractivity (Wildman–Crippen MR) is 107 cm³/mol. The van der Waals surface area contributed by atoms with E-state index in [2.05, 4.69) is 35.6 Å². The van der Waals surface area contributed by atoms with Crippen LogP contribution in [0.5, 0.6) is 0 Å². The molecule has 0 saturated heterocycles. The van der Waals surface area contributed by atoms with Crippen LogP contribution in [-0.4, -0.2) is 18.6 Å². The van der Waals surface area contributed by atoms with Crippen LogP contribution in [0.1, 0.15) is 60.5 Å². The fraction of sp³-hybridized carbons (Fsp3) is 0.435. The van der Waals surface area contributed by atoms with E-state index in [-0.39, 0.29) is 5.97 Å². The molecule has 0 amide bonds. The summed E-state index contributed by atoms with van der Waals surface area (Å²) in [5.74, 6) is -0.238. The Balaban J connectivity index is 1.78. The minimum Gasteiger partial charge on any atom is -0.462 e. The lowest BCUT2D eigenvalue weighted by Gasteiger charge is -2.25. The average Bonchev–Trinajstić information content (AvgIpc) is 2.69. The molecule has 0 atom stereocenters. The van der Waals surface area contributed by atoms with Crippen molar-refractivity contribution in [2.75, 3.05) is 11.9 Å². The molecule has 0 unspecified atom stereocenters. The van der Waals surface area contributed by atoms with Crippen molar-refractivity contribution in [1.29, 1.82) is 0 Å². The summed E-state index contributed by atoms with van der Waals surface area (Å²) in [6.07, 6.45) is 8.30. The average molecular weight is 351 g/mol. The van der Waals surface area contributed by atoms with Crippen LogP contribution < -0.4 is 5.32 Å². The van der Waals surface area contributed by atoms with E-state index in [1.807, 2.05) is 25.1 Å². The third-order valence-corrected chi connectivity index (χ3v) is 5.11. The molecule has 2 aromatic carbocycles. The number of hydrogen-bond acceptors (Lipinski definition) is 3. The maximum Gasteiger partial charge on any atom is 0.338 e. The van der Waals surface area contributed by atoms with E-state index in [0.717, 1.165) is 12.8 Å². The van der Waals surface area contributed by atoms with E-state index >= 15 is 0 Å². The summed E-state index contributed by atoms with van der Waals surface area (Å²) in [6, 6.07) is 17.0. The molecule has 3 nitrogen and oxygen atoms in total.